The third kappa shape index (κ3) is 11.7. The molecule has 0 aromatic heterocycles. The van der Waals surface area contributed by atoms with E-state index in [4.69, 9.17) is 5.11 Å². The maximum atomic E-state index is 9.87. The molecule has 0 fully saturated rings. The fraction of sp³-hybridized carbons (Fsp3) is 0.833. The van der Waals surface area contributed by atoms with Crippen molar-refractivity contribution < 1.29 is 32.3 Å². The van der Waals surface area contributed by atoms with Gasteiger partial charge in [-0.25, -0.2) is 0 Å². The van der Waals surface area contributed by atoms with Crippen molar-refractivity contribution in [3.8, 4) is 0 Å². The van der Waals surface area contributed by atoms with Gasteiger partial charge in [0.2, 0.25) is 0 Å². The molecule has 0 aliphatic rings. The van der Waals surface area contributed by atoms with Crippen molar-refractivity contribution in [2.45, 2.75) is 32.6 Å². The topological polar surface area (TPSA) is 37.3 Å². The number of aliphatic carboxylic acids is 1. The van der Waals surface area contributed by atoms with Crippen LogP contribution in [0.1, 0.15) is 32.6 Å². The number of hydrogen-bond acceptors (Lipinski definition) is 1. The first-order chi connectivity index (χ1) is 3.77. The van der Waals surface area contributed by atoms with Crippen LogP contribution in [0.2, 0.25) is 0 Å². The smallest absolute Gasteiger partial charge is 0.303 e. The second kappa shape index (κ2) is 8.21. The Morgan fingerprint density at radius 1 is 1.44 bits per heavy atom. The molecule has 0 heterocycles. The molecule has 0 atom stereocenters. The van der Waals surface area contributed by atoms with Crippen LogP contribution in [0.3, 0.4) is 0 Å². The molecule has 0 aliphatic carbocycles. The molecule has 1 N–H and O–H groups in total. The average Bonchev–Trinajstić information content (AvgIpc) is 1.66. The van der Waals surface area contributed by atoms with E-state index in [2.05, 4.69) is 6.92 Å². The van der Waals surface area contributed by atoms with Crippen molar-refractivity contribution >= 4 is 5.97 Å². The van der Waals surface area contributed by atoms with E-state index in [9.17, 15) is 4.79 Å². The Hall–Kier alpha value is 0.210. The van der Waals surface area contributed by atoms with Gasteiger partial charge in [0.05, 0.1) is 0 Å². The molecular weight excluding hydrogens is 197 g/mol. The molecule has 53 valence electrons. The van der Waals surface area contributed by atoms with E-state index < -0.39 is 5.97 Å². The molecule has 2 nitrogen and oxygen atoms in total. The maximum absolute atomic E-state index is 9.87. The molecule has 0 aliphatic heterocycles. The van der Waals surface area contributed by atoms with Crippen molar-refractivity contribution in [3.05, 3.63) is 0 Å². The van der Waals surface area contributed by atoms with Gasteiger partial charge in [-0.3, -0.25) is 4.79 Å². The number of carbonyl (C=O) groups is 1. The predicted molar refractivity (Wildman–Crippen MR) is 31.8 cm³/mol. The number of carboxylic acids is 1. The fourth-order valence-corrected chi connectivity index (χ4v) is 0.526. The molecular formula is C6H12NbO2. The summed E-state index contributed by atoms with van der Waals surface area (Å²) < 4.78 is 0. The van der Waals surface area contributed by atoms with E-state index >= 15 is 0 Å². The van der Waals surface area contributed by atoms with Crippen molar-refractivity contribution in [2.24, 2.45) is 0 Å². The van der Waals surface area contributed by atoms with Crippen molar-refractivity contribution in [1.29, 1.82) is 0 Å². The summed E-state index contributed by atoms with van der Waals surface area (Å²) >= 11 is 0. The van der Waals surface area contributed by atoms with Gasteiger partial charge in [-0.15, -0.1) is 0 Å². The molecule has 1 radical (unpaired) electrons. The quantitative estimate of drug-likeness (QED) is 0.564. The maximum Gasteiger partial charge on any atom is 0.303 e. The van der Waals surface area contributed by atoms with Crippen LogP contribution in [0.4, 0.5) is 0 Å². The summed E-state index contributed by atoms with van der Waals surface area (Å²) in [6.45, 7) is 2.06. The first-order valence-electron chi connectivity index (χ1n) is 2.99. The predicted octanol–water partition coefficient (Wildman–Crippen LogP) is 1.65. The monoisotopic (exact) mass is 209 g/mol. The molecule has 0 unspecified atom stereocenters. The SMILES string of the molecule is CCCCCC(=O)O.[Nb]. The Morgan fingerprint density at radius 3 is 2.33 bits per heavy atom. The minimum Gasteiger partial charge on any atom is -0.481 e. The summed E-state index contributed by atoms with van der Waals surface area (Å²) in [5.74, 6) is -0.682. The Kier molecular flexibility index (Phi) is 10.9. The number of carboxylic acid groups (broad SMARTS) is 1. The zero-order valence-electron chi connectivity index (χ0n) is 5.63. The van der Waals surface area contributed by atoms with Gasteiger partial charge in [0.25, 0.3) is 0 Å². The second-order valence-electron chi connectivity index (χ2n) is 1.85. The normalized spacial score (nSPS) is 8.11. The summed E-state index contributed by atoms with van der Waals surface area (Å²) in [7, 11) is 0. The fourth-order valence-electron chi connectivity index (χ4n) is 0.526. The Balaban J connectivity index is 0. The minimum absolute atomic E-state index is 0. The first kappa shape index (κ1) is 11.9. The van der Waals surface area contributed by atoms with Crippen LogP contribution in [-0.2, 0) is 27.2 Å². The third-order valence-electron chi connectivity index (χ3n) is 0.994. The number of hydrogen-bond donors (Lipinski definition) is 1. The molecule has 3 heteroatoms. The van der Waals surface area contributed by atoms with Gasteiger partial charge in [0.1, 0.15) is 0 Å². The summed E-state index contributed by atoms with van der Waals surface area (Å²) in [4.78, 5) is 9.87. The standard InChI is InChI=1S/C6H12O2.Nb/c1-2-3-4-5-6(7)8;/h2-5H2,1H3,(H,7,8);. The van der Waals surface area contributed by atoms with Crippen LogP contribution in [0, 0.1) is 0 Å². The van der Waals surface area contributed by atoms with Gasteiger partial charge in [0.15, 0.2) is 0 Å². The van der Waals surface area contributed by atoms with Gasteiger partial charge in [-0.05, 0) is 6.42 Å². The Morgan fingerprint density at radius 2 is 2.00 bits per heavy atom. The van der Waals surface area contributed by atoms with E-state index in [-0.39, 0.29) is 22.4 Å². The van der Waals surface area contributed by atoms with Gasteiger partial charge < -0.3 is 5.11 Å². The Bertz CT molecular complexity index is 73.5. The van der Waals surface area contributed by atoms with Gasteiger partial charge in [0, 0.05) is 28.8 Å². The molecule has 0 saturated heterocycles. The molecule has 0 aromatic carbocycles. The summed E-state index contributed by atoms with van der Waals surface area (Å²) in [6, 6.07) is 0. The second-order valence-corrected chi connectivity index (χ2v) is 1.85. The third-order valence-corrected chi connectivity index (χ3v) is 0.994. The molecule has 0 bridgehead atoms. The van der Waals surface area contributed by atoms with Gasteiger partial charge >= 0.3 is 5.97 Å². The largest absolute Gasteiger partial charge is 0.481 e. The molecule has 0 saturated carbocycles. The van der Waals surface area contributed by atoms with Crippen molar-refractivity contribution in [1.82, 2.24) is 0 Å². The summed E-state index contributed by atoms with van der Waals surface area (Å²) in [6.07, 6.45) is 3.28. The minimum atomic E-state index is -0.682. The Labute approximate surface area is 71.2 Å². The van der Waals surface area contributed by atoms with E-state index in [0.717, 1.165) is 19.3 Å². The van der Waals surface area contributed by atoms with E-state index in [1.54, 1.807) is 0 Å². The molecule has 0 rings (SSSR count). The van der Waals surface area contributed by atoms with E-state index in [0.29, 0.717) is 6.42 Å². The summed E-state index contributed by atoms with van der Waals surface area (Å²) in [5, 5.41) is 8.14. The zero-order valence-corrected chi connectivity index (χ0v) is 7.83. The van der Waals surface area contributed by atoms with Gasteiger partial charge in [-0.1, -0.05) is 19.8 Å². The average molecular weight is 209 g/mol. The molecule has 0 aromatic rings. The zero-order chi connectivity index (χ0) is 6.41. The van der Waals surface area contributed by atoms with Crippen molar-refractivity contribution in [2.75, 3.05) is 0 Å². The van der Waals surface area contributed by atoms with Crippen LogP contribution < -0.4 is 0 Å². The van der Waals surface area contributed by atoms with Crippen LogP contribution in [0.25, 0.3) is 0 Å². The molecule has 0 spiro atoms. The van der Waals surface area contributed by atoms with E-state index in [1.165, 1.54) is 0 Å². The number of unbranched alkanes of at least 4 members (excludes halogenated alkanes) is 2. The molecule has 0 amide bonds. The van der Waals surface area contributed by atoms with Crippen LogP contribution >= 0.6 is 0 Å². The van der Waals surface area contributed by atoms with Crippen LogP contribution in [0.15, 0.2) is 0 Å². The first-order valence-corrected chi connectivity index (χ1v) is 2.99. The van der Waals surface area contributed by atoms with Crippen molar-refractivity contribution in [3.63, 3.8) is 0 Å². The summed E-state index contributed by atoms with van der Waals surface area (Å²) in [5.41, 5.74) is 0. The number of rotatable bonds is 4. The molecule has 9 heavy (non-hydrogen) atoms. The van der Waals surface area contributed by atoms with E-state index in [1.807, 2.05) is 0 Å². The van der Waals surface area contributed by atoms with Crippen LogP contribution in [-0.4, -0.2) is 11.1 Å². The van der Waals surface area contributed by atoms with Crippen LogP contribution in [0.5, 0.6) is 0 Å². The van der Waals surface area contributed by atoms with Gasteiger partial charge in [-0.2, -0.15) is 0 Å².